The lowest BCUT2D eigenvalue weighted by Gasteiger charge is -2.36. The molecule has 0 amide bonds. The molecule has 1 N–H and O–H groups in total. The average molecular weight is 280 g/mol. The van der Waals surface area contributed by atoms with Crippen LogP contribution >= 0.6 is 0 Å². The van der Waals surface area contributed by atoms with Crippen molar-refractivity contribution in [2.75, 3.05) is 0 Å². The Morgan fingerprint density at radius 1 is 1.00 bits per heavy atom. The maximum absolute atomic E-state index is 11.8. The molecular weight excluding hydrogens is 264 g/mol. The molecule has 1 aliphatic rings. The van der Waals surface area contributed by atoms with E-state index in [0.717, 1.165) is 22.8 Å². The predicted molar refractivity (Wildman–Crippen MR) is 79.8 cm³/mol. The van der Waals surface area contributed by atoms with Crippen molar-refractivity contribution in [2.45, 2.75) is 18.9 Å². The number of ether oxygens (including phenoxy) is 1. The molecule has 1 unspecified atom stereocenters. The molecule has 1 atom stereocenters. The first kappa shape index (κ1) is 13.4. The first-order valence-corrected chi connectivity index (χ1v) is 6.85. The topological polar surface area (TPSA) is 46.5 Å². The Bertz CT molecular complexity index is 686. The Hall–Kier alpha value is -2.55. The van der Waals surface area contributed by atoms with Crippen LogP contribution in [-0.2, 0) is 15.1 Å². The summed E-state index contributed by atoms with van der Waals surface area (Å²) >= 11 is 0. The summed E-state index contributed by atoms with van der Waals surface area (Å²) in [7, 11) is 0. The van der Waals surface area contributed by atoms with Crippen LogP contribution in [0, 0.1) is 6.92 Å². The van der Waals surface area contributed by atoms with E-state index in [4.69, 9.17) is 4.74 Å². The molecule has 3 nitrogen and oxygen atoms in total. The standard InChI is InChI=1S/C18H16O3/c1-13-7-9-15(10-8-13)18(14-5-3-2-4-6-14)12-16(19)11-17(20)21-18/h2-11,19H,12H2,1H3. The average Bonchev–Trinajstić information content (AvgIpc) is 2.47. The van der Waals surface area contributed by atoms with E-state index in [1.54, 1.807) is 0 Å². The molecule has 2 aromatic rings. The molecule has 0 spiro atoms. The van der Waals surface area contributed by atoms with Crippen molar-refractivity contribution in [3.05, 3.63) is 83.1 Å². The van der Waals surface area contributed by atoms with Gasteiger partial charge in [0.2, 0.25) is 0 Å². The molecule has 2 aromatic carbocycles. The fraction of sp³-hybridized carbons (Fsp3) is 0.167. The van der Waals surface area contributed by atoms with Gasteiger partial charge in [0.25, 0.3) is 0 Å². The summed E-state index contributed by atoms with van der Waals surface area (Å²) in [5.41, 5.74) is 1.86. The Balaban J connectivity index is 2.18. The second-order valence-electron chi connectivity index (χ2n) is 5.29. The van der Waals surface area contributed by atoms with Crippen molar-refractivity contribution >= 4 is 5.97 Å². The van der Waals surface area contributed by atoms with Gasteiger partial charge in [-0.25, -0.2) is 4.79 Å². The van der Waals surface area contributed by atoms with Crippen LogP contribution in [0.3, 0.4) is 0 Å². The van der Waals surface area contributed by atoms with Gasteiger partial charge < -0.3 is 9.84 Å². The number of hydrogen-bond acceptors (Lipinski definition) is 3. The molecule has 0 fully saturated rings. The number of aliphatic hydroxyl groups is 1. The van der Waals surface area contributed by atoms with Gasteiger partial charge in [-0.1, -0.05) is 60.2 Å². The summed E-state index contributed by atoms with van der Waals surface area (Å²) in [5.74, 6) is -0.487. The molecule has 0 saturated carbocycles. The lowest BCUT2D eigenvalue weighted by molar-refractivity contribution is -0.153. The van der Waals surface area contributed by atoms with Gasteiger partial charge in [-0.05, 0) is 6.92 Å². The smallest absolute Gasteiger partial charge is 0.335 e. The molecule has 0 radical (unpaired) electrons. The third-order valence-electron chi connectivity index (χ3n) is 3.75. The number of cyclic esters (lactones) is 1. The fourth-order valence-electron chi connectivity index (χ4n) is 2.70. The van der Waals surface area contributed by atoms with Gasteiger partial charge >= 0.3 is 5.97 Å². The monoisotopic (exact) mass is 280 g/mol. The third-order valence-corrected chi connectivity index (χ3v) is 3.75. The van der Waals surface area contributed by atoms with Gasteiger partial charge in [-0.3, -0.25) is 0 Å². The lowest BCUT2D eigenvalue weighted by Crippen LogP contribution is -2.37. The number of benzene rings is 2. The van der Waals surface area contributed by atoms with Crippen molar-refractivity contribution in [3.63, 3.8) is 0 Å². The number of aliphatic hydroxyl groups excluding tert-OH is 1. The molecule has 1 heterocycles. The molecule has 21 heavy (non-hydrogen) atoms. The van der Waals surface area contributed by atoms with E-state index in [9.17, 15) is 9.90 Å². The number of carbonyl (C=O) groups is 1. The first-order chi connectivity index (χ1) is 10.1. The Morgan fingerprint density at radius 2 is 1.62 bits per heavy atom. The Kier molecular flexibility index (Phi) is 3.26. The molecule has 0 aliphatic carbocycles. The SMILES string of the molecule is Cc1ccc(C2(c3ccccc3)CC(O)=CC(=O)O2)cc1. The first-order valence-electron chi connectivity index (χ1n) is 6.85. The van der Waals surface area contributed by atoms with Crippen molar-refractivity contribution in [3.8, 4) is 0 Å². The third kappa shape index (κ3) is 2.42. The van der Waals surface area contributed by atoms with Gasteiger partial charge in [0.05, 0.1) is 12.5 Å². The summed E-state index contributed by atoms with van der Waals surface area (Å²) in [6.45, 7) is 2.00. The van der Waals surface area contributed by atoms with E-state index in [-0.39, 0.29) is 12.2 Å². The van der Waals surface area contributed by atoms with Crippen LogP contribution in [0.1, 0.15) is 23.1 Å². The van der Waals surface area contributed by atoms with E-state index in [0.29, 0.717) is 0 Å². The van der Waals surface area contributed by atoms with Crippen LogP contribution in [0.5, 0.6) is 0 Å². The van der Waals surface area contributed by atoms with Crippen molar-refractivity contribution in [1.29, 1.82) is 0 Å². The summed E-state index contributed by atoms with van der Waals surface area (Å²) in [4.78, 5) is 11.8. The summed E-state index contributed by atoms with van der Waals surface area (Å²) in [6.07, 6.45) is 1.38. The largest absolute Gasteiger partial charge is 0.512 e. The Morgan fingerprint density at radius 3 is 2.24 bits per heavy atom. The molecule has 0 bridgehead atoms. The van der Waals surface area contributed by atoms with Crippen LogP contribution in [0.15, 0.2) is 66.4 Å². The number of aryl methyl sites for hydroxylation is 1. The molecular formula is C18H16O3. The van der Waals surface area contributed by atoms with Crippen LogP contribution in [0.25, 0.3) is 0 Å². The normalized spacial score (nSPS) is 21.6. The van der Waals surface area contributed by atoms with E-state index >= 15 is 0 Å². The van der Waals surface area contributed by atoms with Gasteiger partial charge in [0, 0.05) is 11.1 Å². The number of rotatable bonds is 2. The number of carbonyl (C=O) groups excluding carboxylic acids is 1. The molecule has 3 rings (SSSR count). The Labute approximate surface area is 123 Å². The quantitative estimate of drug-likeness (QED) is 0.854. The van der Waals surface area contributed by atoms with Crippen LogP contribution in [0.2, 0.25) is 0 Å². The minimum atomic E-state index is -0.967. The molecule has 3 heteroatoms. The summed E-state index contributed by atoms with van der Waals surface area (Å²) in [5, 5.41) is 9.95. The van der Waals surface area contributed by atoms with Gasteiger partial charge in [-0.2, -0.15) is 0 Å². The minimum Gasteiger partial charge on any atom is -0.512 e. The lowest BCUT2D eigenvalue weighted by atomic mass is 9.81. The fourth-order valence-corrected chi connectivity index (χ4v) is 2.70. The summed E-state index contributed by atoms with van der Waals surface area (Å²) < 4.78 is 5.68. The highest BCUT2D eigenvalue weighted by Gasteiger charge is 2.41. The molecule has 1 aliphatic heterocycles. The van der Waals surface area contributed by atoms with E-state index in [2.05, 4.69) is 0 Å². The molecule has 0 saturated heterocycles. The van der Waals surface area contributed by atoms with E-state index in [1.165, 1.54) is 0 Å². The second kappa shape index (κ2) is 5.09. The molecule has 106 valence electrons. The maximum atomic E-state index is 11.8. The zero-order chi connectivity index (χ0) is 14.9. The van der Waals surface area contributed by atoms with Crippen LogP contribution in [-0.4, -0.2) is 11.1 Å². The second-order valence-corrected chi connectivity index (χ2v) is 5.29. The van der Waals surface area contributed by atoms with Crippen LogP contribution < -0.4 is 0 Å². The summed E-state index contributed by atoms with van der Waals surface area (Å²) in [6, 6.07) is 17.3. The number of hydrogen-bond donors (Lipinski definition) is 1. The zero-order valence-electron chi connectivity index (χ0n) is 11.7. The van der Waals surface area contributed by atoms with E-state index < -0.39 is 11.6 Å². The van der Waals surface area contributed by atoms with E-state index in [1.807, 2.05) is 61.5 Å². The van der Waals surface area contributed by atoms with Gasteiger partial charge in [0.15, 0.2) is 5.60 Å². The van der Waals surface area contributed by atoms with Crippen molar-refractivity contribution < 1.29 is 14.6 Å². The van der Waals surface area contributed by atoms with Gasteiger partial charge in [-0.15, -0.1) is 0 Å². The highest BCUT2D eigenvalue weighted by molar-refractivity contribution is 5.84. The maximum Gasteiger partial charge on any atom is 0.335 e. The highest BCUT2D eigenvalue weighted by atomic mass is 16.6. The predicted octanol–water partition coefficient (Wildman–Crippen LogP) is 3.63. The van der Waals surface area contributed by atoms with Gasteiger partial charge in [0.1, 0.15) is 5.76 Å². The number of esters is 1. The minimum absolute atomic E-state index is 0.0377. The van der Waals surface area contributed by atoms with Crippen LogP contribution in [0.4, 0.5) is 0 Å². The van der Waals surface area contributed by atoms with Crippen molar-refractivity contribution in [2.24, 2.45) is 0 Å². The van der Waals surface area contributed by atoms with Crippen molar-refractivity contribution in [1.82, 2.24) is 0 Å². The zero-order valence-corrected chi connectivity index (χ0v) is 11.7. The molecule has 0 aromatic heterocycles. The highest BCUT2D eigenvalue weighted by Crippen LogP contribution is 2.41.